The van der Waals surface area contributed by atoms with Crippen molar-refractivity contribution in [3.8, 4) is 0 Å². The molecule has 1 atom stereocenters. The van der Waals surface area contributed by atoms with E-state index in [1.165, 1.54) is 61.7 Å². The molecule has 3 aliphatic carbocycles. The van der Waals surface area contributed by atoms with Crippen LogP contribution >= 0.6 is 36.5 Å². The van der Waals surface area contributed by atoms with Crippen LogP contribution in [0.25, 0.3) is 0 Å². The Morgan fingerprint density at radius 1 is 0.596 bits per heavy atom. The van der Waals surface area contributed by atoms with Crippen LogP contribution in [-0.2, 0) is 13.5 Å². The van der Waals surface area contributed by atoms with Crippen LogP contribution in [-0.4, -0.2) is 34.4 Å². The molecule has 2 nitrogen and oxygen atoms in total. The van der Waals surface area contributed by atoms with Crippen molar-refractivity contribution in [1.82, 2.24) is 0 Å². The van der Waals surface area contributed by atoms with Crippen LogP contribution in [0.4, 0.5) is 11.4 Å². The molecule has 6 rings (SSSR count). The first-order valence-electron chi connectivity index (χ1n) is 18.5. The van der Waals surface area contributed by atoms with Gasteiger partial charge in [-0.25, -0.2) is 0 Å². The molecule has 1 unspecified atom stereocenters. The second-order valence-corrected chi connectivity index (χ2v) is 25.5. The molecule has 2 aromatic carbocycles. The van der Waals surface area contributed by atoms with E-state index in [9.17, 15) is 0 Å². The van der Waals surface area contributed by atoms with Gasteiger partial charge in [0.05, 0.1) is 17.0 Å². The first kappa shape index (κ1) is 39.8. The second-order valence-electron chi connectivity index (χ2n) is 14.8. The Labute approximate surface area is 306 Å². The van der Waals surface area contributed by atoms with Crippen molar-refractivity contribution < 1.29 is 13.5 Å². The zero-order valence-corrected chi connectivity index (χ0v) is 35.7. The first-order chi connectivity index (χ1) is 22.6. The average Bonchev–Trinajstić information content (AvgIpc) is 3.51. The predicted octanol–water partition coefficient (Wildman–Crippen LogP) is 12.7. The molecular weight excluding hydrogens is 742 g/mol. The summed E-state index contributed by atoms with van der Waals surface area (Å²) in [4.78, 5) is 4.81. The quantitative estimate of drug-likeness (QED) is 0.169. The van der Waals surface area contributed by atoms with Crippen LogP contribution in [0.2, 0.25) is 0 Å². The van der Waals surface area contributed by atoms with Gasteiger partial charge in [0.25, 0.3) is 0 Å². The minimum atomic E-state index is -1.40. The van der Waals surface area contributed by atoms with E-state index in [0.29, 0.717) is 0 Å². The van der Waals surface area contributed by atoms with Crippen LogP contribution < -0.4 is 9.80 Å². The number of benzene rings is 2. The Kier molecular flexibility index (Phi) is 17.0. The average molecular weight is 807 g/mol. The van der Waals surface area contributed by atoms with Crippen molar-refractivity contribution in [1.29, 1.82) is 0 Å². The van der Waals surface area contributed by atoms with Gasteiger partial charge >= 0.3 is 46.5 Å². The van der Waals surface area contributed by atoms with Crippen LogP contribution in [0.3, 0.4) is 0 Å². The molecule has 1 aliphatic heterocycles. The van der Waals surface area contributed by atoms with E-state index in [1.807, 2.05) is 0 Å². The van der Waals surface area contributed by atoms with E-state index in [1.54, 1.807) is 101 Å². The van der Waals surface area contributed by atoms with Gasteiger partial charge in [0, 0.05) is 32.4 Å². The molecule has 3 saturated carbocycles. The standard InChI is InChI=1S/C21H27N2.C18H33P.CH3P.2ClH.Ru/c1-14-9-16(3)20(17(4)10-14)22-7-8-23(13-22)21-18(5)11-15(2)12-19(21)6;1-4-10-16(11-5-1)19(17-12-6-2-7-13-17)18-14-8-3-9-15-18;1-2;;;/h9-13H,7-8H2,1-6H3;16-18H,1-15H2;1H,2H2;2*1H;/q-1;;;;;+2/p-1. The molecule has 7 heteroatoms. The zero-order chi connectivity index (χ0) is 33.9. The van der Waals surface area contributed by atoms with Gasteiger partial charge in [-0.15, -0.1) is 0 Å². The van der Waals surface area contributed by atoms with E-state index < -0.39 is 13.5 Å². The van der Waals surface area contributed by atoms with Gasteiger partial charge in [-0.1, -0.05) is 54.7 Å². The van der Waals surface area contributed by atoms with E-state index in [-0.39, 0.29) is 7.92 Å². The van der Waals surface area contributed by atoms with Crippen LogP contribution in [0.15, 0.2) is 24.3 Å². The van der Waals surface area contributed by atoms with Gasteiger partial charge in [-0.3, -0.25) is 0 Å². The van der Waals surface area contributed by atoms with Crippen molar-refractivity contribution in [3.63, 3.8) is 0 Å². The maximum absolute atomic E-state index is 5.29. The molecule has 1 heterocycles. The van der Waals surface area contributed by atoms with Gasteiger partial charge in [0.2, 0.25) is 0 Å². The van der Waals surface area contributed by atoms with Crippen molar-refractivity contribution in [3.05, 3.63) is 64.3 Å². The number of aryl methyl sites for hydroxylation is 6. The minimum absolute atomic E-state index is 0.0465. The molecule has 0 N–H and O–H groups in total. The molecule has 1 saturated heterocycles. The molecule has 0 aromatic heterocycles. The summed E-state index contributed by atoms with van der Waals surface area (Å²) in [5.74, 6) is 0. The monoisotopic (exact) mass is 806 g/mol. The van der Waals surface area contributed by atoms with E-state index >= 15 is 0 Å². The zero-order valence-electron chi connectivity index (χ0n) is 30.3. The Balaban J connectivity index is 0.000000189. The molecule has 4 fully saturated rings. The fourth-order valence-corrected chi connectivity index (χ4v) is 14.6. The number of rotatable bonds is 5. The van der Waals surface area contributed by atoms with Crippen LogP contribution in [0, 0.1) is 48.2 Å². The third-order valence-electron chi connectivity index (χ3n) is 11.0. The second kappa shape index (κ2) is 20.1. The van der Waals surface area contributed by atoms with Crippen LogP contribution in [0.1, 0.15) is 130 Å². The SMILES string of the molecule is C1CCC([PH+](C2CCCCC2)C2CCCCC2)CC1.Cc1cc(C)c(N2[CH-]N(c3c(C)cc(C)cc3C)CC2)c(C)c1.P[CH]=[Ru]([Cl])[Cl]. The van der Waals surface area contributed by atoms with Crippen molar-refractivity contribution in [2.75, 3.05) is 22.9 Å². The summed E-state index contributed by atoms with van der Waals surface area (Å²) in [6.45, 7) is 17.6. The van der Waals surface area contributed by atoms with Gasteiger partial charge in [-0.2, -0.15) is 6.67 Å². The predicted molar refractivity (Wildman–Crippen MR) is 217 cm³/mol. The Morgan fingerprint density at radius 3 is 1.13 bits per heavy atom. The molecule has 0 bridgehead atoms. The molecule has 0 spiro atoms. The molecule has 47 heavy (non-hydrogen) atoms. The van der Waals surface area contributed by atoms with Gasteiger partial charge < -0.3 is 9.80 Å². The summed E-state index contributed by atoms with van der Waals surface area (Å²) >= 11 is -1.40. The van der Waals surface area contributed by atoms with Gasteiger partial charge in [0.1, 0.15) is 0 Å². The molecule has 0 amide bonds. The first-order valence-corrected chi connectivity index (χ1v) is 26.4. The van der Waals surface area contributed by atoms with Crippen LogP contribution in [0.5, 0.6) is 0 Å². The summed E-state index contributed by atoms with van der Waals surface area (Å²) in [6, 6.07) is 9.12. The Morgan fingerprint density at radius 2 is 0.872 bits per heavy atom. The third-order valence-corrected chi connectivity index (χ3v) is 20.2. The molecular formula is C40H64Cl2N2P2Ru. The third kappa shape index (κ3) is 11.8. The molecule has 2 aromatic rings. The number of hydrogen-bond acceptors (Lipinski definition) is 2. The van der Waals surface area contributed by atoms with Crippen molar-refractivity contribution >= 4 is 52.3 Å². The number of anilines is 2. The summed E-state index contributed by atoms with van der Waals surface area (Å²) in [5, 5.41) is 0. The van der Waals surface area contributed by atoms with Gasteiger partial charge in [-0.05, 0) is 141 Å². The summed E-state index contributed by atoms with van der Waals surface area (Å²) in [7, 11) is 12.9. The number of halogens is 2. The molecule has 0 radical (unpaired) electrons. The van der Waals surface area contributed by atoms with E-state index in [4.69, 9.17) is 19.4 Å². The molecule has 266 valence electrons. The maximum atomic E-state index is 5.29. The summed E-state index contributed by atoms with van der Waals surface area (Å²) in [5.41, 5.74) is 14.5. The van der Waals surface area contributed by atoms with E-state index in [2.05, 4.69) is 91.5 Å². The Hall–Kier alpha value is -0.0266. The van der Waals surface area contributed by atoms with Crippen molar-refractivity contribution in [2.45, 2.75) is 155 Å². The summed E-state index contributed by atoms with van der Waals surface area (Å²) < 4.78 is 1.76. The fraction of sp³-hybridized carbons (Fsp3) is 0.650. The van der Waals surface area contributed by atoms with Crippen molar-refractivity contribution in [2.24, 2.45) is 0 Å². The molecule has 4 aliphatic rings. The normalized spacial score (nSPS) is 20.0. The van der Waals surface area contributed by atoms with E-state index in [0.717, 1.165) is 13.1 Å². The summed E-state index contributed by atoms with van der Waals surface area (Å²) in [6.07, 6.45) is 23.8. The number of hydrogen-bond donors (Lipinski definition) is 0. The Bertz CT molecular complexity index is 1140. The topological polar surface area (TPSA) is 6.48 Å². The number of nitrogens with zero attached hydrogens (tertiary/aromatic N) is 2. The fourth-order valence-electron chi connectivity index (χ4n) is 9.40. The van der Waals surface area contributed by atoms with Gasteiger partial charge in [0.15, 0.2) is 0 Å².